The van der Waals surface area contributed by atoms with Crippen molar-refractivity contribution >= 4 is 40.4 Å². The molecule has 0 N–H and O–H groups in total. The van der Waals surface area contributed by atoms with Crippen molar-refractivity contribution in [1.29, 1.82) is 0 Å². The minimum atomic E-state index is -4.63. The first kappa shape index (κ1) is 21.8. The molecule has 172 valence electrons. The third-order valence-corrected chi connectivity index (χ3v) is 6.69. The number of amides is 3. The van der Waals surface area contributed by atoms with Crippen molar-refractivity contribution in [2.24, 2.45) is 0 Å². The van der Waals surface area contributed by atoms with E-state index < -0.39 is 46.5 Å². The number of alkyl halides is 3. The number of fused-ring (bicyclic) bond motifs is 1. The molecule has 0 spiro atoms. The van der Waals surface area contributed by atoms with Gasteiger partial charge in [-0.25, -0.2) is 0 Å². The van der Waals surface area contributed by atoms with Crippen molar-refractivity contribution in [2.75, 3.05) is 4.90 Å². The number of nitrogens with zero attached hydrogens (tertiary/aromatic N) is 3. The summed E-state index contributed by atoms with van der Waals surface area (Å²) in [6.07, 6.45) is -4.63. The molecular formula is C22H12F3N3O5S. The maximum atomic E-state index is 13.2. The second-order valence-electron chi connectivity index (χ2n) is 7.63. The standard InChI is InChI=1S/C22H12F3N3O5S/c23-22(24,25)11-3-1-4-12(9-11)26-17(16-5-2-8-34-16)18(21(26)31)27-19(29)14-7-6-13(28(32)33)10-15(14)20(27)30/h1-10,17-18H/t17-,18-/m1/s1. The molecule has 2 aliphatic heterocycles. The van der Waals surface area contributed by atoms with Gasteiger partial charge >= 0.3 is 6.18 Å². The average molecular weight is 487 g/mol. The molecule has 0 unspecified atom stereocenters. The predicted octanol–water partition coefficient (Wildman–Crippen LogP) is 4.43. The van der Waals surface area contributed by atoms with Gasteiger partial charge in [-0.3, -0.25) is 34.3 Å². The fourth-order valence-electron chi connectivity index (χ4n) is 4.20. The number of imide groups is 1. The lowest BCUT2D eigenvalue weighted by Crippen LogP contribution is -2.67. The van der Waals surface area contributed by atoms with Crippen molar-refractivity contribution in [3.05, 3.63) is 91.7 Å². The molecule has 3 heterocycles. The van der Waals surface area contributed by atoms with Crippen LogP contribution in [0.2, 0.25) is 0 Å². The highest BCUT2D eigenvalue weighted by molar-refractivity contribution is 7.10. The first-order valence-electron chi connectivity index (χ1n) is 9.79. The predicted molar refractivity (Wildman–Crippen MR) is 113 cm³/mol. The van der Waals surface area contributed by atoms with E-state index in [2.05, 4.69) is 0 Å². The summed E-state index contributed by atoms with van der Waals surface area (Å²) in [7, 11) is 0. The summed E-state index contributed by atoms with van der Waals surface area (Å²) < 4.78 is 39.7. The minimum absolute atomic E-state index is 0.0262. The zero-order valence-corrected chi connectivity index (χ0v) is 17.7. The van der Waals surface area contributed by atoms with E-state index in [0.29, 0.717) is 4.88 Å². The maximum absolute atomic E-state index is 13.2. The molecular weight excluding hydrogens is 475 g/mol. The largest absolute Gasteiger partial charge is 0.416 e. The Hall–Kier alpha value is -4.06. The quantitative estimate of drug-likeness (QED) is 0.235. The van der Waals surface area contributed by atoms with Gasteiger partial charge in [0, 0.05) is 22.7 Å². The summed E-state index contributed by atoms with van der Waals surface area (Å²) >= 11 is 1.22. The van der Waals surface area contributed by atoms with Crippen LogP contribution in [0.5, 0.6) is 0 Å². The van der Waals surface area contributed by atoms with Crippen LogP contribution >= 0.6 is 11.3 Å². The van der Waals surface area contributed by atoms with Gasteiger partial charge in [0.1, 0.15) is 12.1 Å². The zero-order chi connectivity index (χ0) is 24.4. The monoisotopic (exact) mass is 487 g/mol. The number of nitro benzene ring substituents is 1. The number of hydrogen-bond donors (Lipinski definition) is 0. The van der Waals surface area contributed by atoms with Crippen LogP contribution in [0.3, 0.4) is 0 Å². The van der Waals surface area contributed by atoms with E-state index in [1.165, 1.54) is 23.5 Å². The van der Waals surface area contributed by atoms with Crippen molar-refractivity contribution in [3.8, 4) is 0 Å². The number of halogens is 3. The Bertz CT molecular complexity index is 1370. The summed E-state index contributed by atoms with van der Waals surface area (Å²) in [4.78, 5) is 52.1. The van der Waals surface area contributed by atoms with Crippen LogP contribution < -0.4 is 4.90 Å². The molecule has 0 saturated carbocycles. The Kier molecular flexibility index (Phi) is 4.79. The van der Waals surface area contributed by atoms with E-state index >= 15 is 0 Å². The molecule has 3 aromatic rings. The van der Waals surface area contributed by atoms with Crippen LogP contribution in [0, 0.1) is 10.1 Å². The molecule has 2 atom stereocenters. The number of rotatable bonds is 4. The lowest BCUT2D eigenvalue weighted by Gasteiger charge is -2.49. The highest BCUT2D eigenvalue weighted by Crippen LogP contribution is 2.46. The Morgan fingerprint density at radius 3 is 2.26 bits per heavy atom. The van der Waals surface area contributed by atoms with Crippen molar-refractivity contribution in [2.45, 2.75) is 18.3 Å². The number of thiophene rings is 1. The highest BCUT2D eigenvalue weighted by Gasteiger charge is 2.58. The van der Waals surface area contributed by atoms with E-state index in [9.17, 15) is 37.7 Å². The molecule has 2 aromatic carbocycles. The smallest absolute Gasteiger partial charge is 0.300 e. The highest BCUT2D eigenvalue weighted by atomic mass is 32.1. The Balaban J connectivity index is 1.55. The molecule has 0 radical (unpaired) electrons. The van der Waals surface area contributed by atoms with E-state index in [1.54, 1.807) is 17.5 Å². The van der Waals surface area contributed by atoms with E-state index in [1.807, 2.05) is 0 Å². The van der Waals surface area contributed by atoms with Gasteiger partial charge in [-0.15, -0.1) is 11.3 Å². The summed E-state index contributed by atoms with van der Waals surface area (Å²) in [6.45, 7) is 0. The van der Waals surface area contributed by atoms with E-state index in [-0.39, 0.29) is 22.5 Å². The summed E-state index contributed by atoms with van der Waals surface area (Å²) in [6, 6.07) is 8.55. The summed E-state index contributed by atoms with van der Waals surface area (Å²) in [5.74, 6) is -2.40. The van der Waals surface area contributed by atoms with Crippen molar-refractivity contribution < 1.29 is 32.5 Å². The summed E-state index contributed by atoms with van der Waals surface area (Å²) in [5.41, 5.74) is -1.64. The zero-order valence-electron chi connectivity index (χ0n) is 16.9. The lowest BCUT2D eigenvalue weighted by atomic mass is 9.90. The fourth-order valence-corrected chi connectivity index (χ4v) is 5.05. The molecule has 34 heavy (non-hydrogen) atoms. The summed E-state index contributed by atoms with van der Waals surface area (Å²) in [5, 5.41) is 12.8. The molecule has 12 heteroatoms. The molecule has 1 aromatic heterocycles. The normalized spacial score (nSPS) is 19.9. The molecule has 0 aliphatic carbocycles. The van der Waals surface area contributed by atoms with E-state index in [4.69, 9.17) is 0 Å². The van der Waals surface area contributed by atoms with Gasteiger partial charge in [-0.1, -0.05) is 12.1 Å². The van der Waals surface area contributed by atoms with Crippen molar-refractivity contribution in [1.82, 2.24) is 4.90 Å². The number of nitro groups is 1. The minimum Gasteiger partial charge on any atom is -0.300 e. The number of carbonyl (C=O) groups is 3. The molecule has 1 saturated heterocycles. The average Bonchev–Trinajstić information content (AvgIpc) is 3.40. The molecule has 3 amide bonds. The van der Waals surface area contributed by atoms with Gasteiger partial charge in [0.25, 0.3) is 23.4 Å². The van der Waals surface area contributed by atoms with Gasteiger partial charge in [-0.2, -0.15) is 13.2 Å². The first-order chi connectivity index (χ1) is 16.1. The second kappa shape index (κ2) is 7.48. The third kappa shape index (κ3) is 3.17. The number of benzene rings is 2. The van der Waals surface area contributed by atoms with Gasteiger partial charge in [0.05, 0.1) is 21.6 Å². The van der Waals surface area contributed by atoms with Gasteiger partial charge < -0.3 is 0 Å². The van der Waals surface area contributed by atoms with Gasteiger partial charge in [0.15, 0.2) is 0 Å². The van der Waals surface area contributed by atoms with E-state index in [0.717, 1.165) is 40.1 Å². The fraction of sp³-hybridized carbons (Fsp3) is 0.136. The Morgan fingerprint density at radius 2 is 1.62 bits per heavy atom. The lowest BCUT2D eigenvalue weighted by molar-refractivity contribution is -0.384. The maximum Gasteiger partial charge on any atom is 0.416 e. The van der Waals surface area contributed by atoms with Crippen molar-refractivity contribution in [3.63, 3.8) is 0 Å². The molecule has 8 nitrogen and oxygen atoms in total. The number of anilines is 1. The van der Waals surface area contributed by atoms with Crippen LogP contribution in [0.25, 0.3) is 0 Å². The van der Waals surface area contributed by atoms with Gasteiger partial charge in [0.2, 0.25) is 0 Å². The van der Waals surface area contributed by atoms with Crippen LogP contribution in [0.1, 0.15) is 37.2 Å². The molecule has 0 bridgehead atoms. The third-order valence-electron chi connectivity index (χ3n) is 5.74. The number of carbonyl (C=O) groups excluding carboxylic acids is 3. The first-order valence-corrected chi connectivity index (χ1v) is 10.7. The Labute approximate surface area is 193 Å². The Morgan fingerprint density at radius 1 is 0.882 bits per heavy atom. The second-order valence-corrected chi connectivity index (χ2v) is 8.61. The SMILES string of the molecule is O=C1c2ccc([N+](=O)[O-])cc2C(=O)N1[C@H]1C(=O)N(c2cccc(C(F)(F)F)c2)[C@@H]1c1cccs1. The number of β-lactam (4-membered cyclic amide) rings is 1. The number of hydrogen-bond acceptors (Lipinski definition) is 6. The van der Waals surface area contributed by atoms with Crippen LogP contribution in [0.15, 0.2) is 60.0 Å². The van der Waals surface area contributed by atoms with Gasteiger partial charge in [-0.05, 0) is 35.7 Å². The topological polar surface area (TPSA) is 101 Å². The van der Waals surface area contributed by atoms with Crippen LogP contribution in [0.4, 0.5) is 24.5 Å². The van der Waals surface area contributed by atoms with Crippen LogP contribution in [-0.2, 0) is 11.0 Å². The molecule has 5 rings (SSSR count). The molecule has 2 aliphatic rings. The van der Waals surface area contributed by atoms with Crippen LogP contribution in [-0.4, -0.2) is 33.6 Å². The number of non-ortho nitro benzene ring substituents is 1. The molecule has 1 fully saturated rings.